The van der Waals surface area contributed by atoms with Gasteiger partial charge >= 0.3 is 0 Å². The van der Waals surface area contributed by atoms with Crippen molar-refractivity contribution in [2.45, 2.75) is 26.3 Å². The van der Waals surface area contributed by atoms with E-state index in [0.29, 0.717) is 6.04 Å². The Hall–Kier alpha value is -0.870. The van der Waals surface area contributed by atoms with Crippen LogP contribution >= 0.6 is 11.3 Å². The Morgan fingerprint density at radius 1 is 1.62 bits per heavy atom. The smallest absolute Gasteiger partial charge is 0.264 e. The number of thiophene rings is 1. The molecule has 1 N–H and O–H groups in total. The monoisotopic (exact) mass is 238 g/mol. The molecular formula is C12H18N2OS. The third-order valence-corrected chi connectivity index (χ3v) is 4.02. The van der Waals surface area contributed by atoms with Crippen molar-refractivity contribution in [2.24, 2.45) is 0 Å². The Morgan fingerprint density at radius 3 is 2.94 bits per heavy atom. The molecule has 0 radical (unpaired) electrons. The van der Waals surface area contributed by atoms with Crippen LogP contribution in [-0.4, -0.2) is 36.5 Å². The van der Waals surface area contributed by atoms with Gasteiger partial charge in [-0.2, -0.15) is 0 Å². The van der Waals surface area contributed by atoms with Crippen LogP contribution in [-0.2, 0) is 0 Å². The van der Waals surface area contributed by atoms with E-state index < -0.39 is 0 Å². The fraction of sp³-hybridized carbons (Fsp3) is 0.583. The molecule has 2 heterocycles. The van der Waals surface area contributed by atoms with Crippen LogP contribution in [0.15, 0.2) is 12.1 Å². The average Bonchev–Trinajstić information content (AvgIpc) is 2.90. The van der Waals surface area contributed by atoms with Gasteiger partial charge in [-0.1, -0.05) is 0 Å². The molecule has 1 aromatic rings. The standard InChI is InChI=1S/C12H18N2OS/c1-3-14(10-6-7-13-8-10)12(15)11-5-4-9(2)16-11/h4-5,10,13H,3,6-8H2,1-2H3. The van der Waals surface area contributed by atoms with E-state index in [1.807, 2.05) is 24.0 Å². The number of hydrogen-bond acceptors (Lipinski definition) is 3. The van der Waals surface area contributed by atoms with Crippen LogP contribution in [0.4, 0.5) is 0 Å². The summed E-state index contributed by atoms with van der Waals surface area (Å²) in [6, 6.07) is 4.33. The lowest BCUT2D eigenvalue weighted by atomic mass is 10.2. The average molecular weight is 238 g/mol. The lowest BCUT2D eigenvalue weighted by Gasteiger charge is -2.26. The van der Waals surface area contributed by atoms with Crippen molar-refractivity contribution in [3.05, 3.63) is 21.9 Å². The Balaban J connectivity index is 2.11. The van der Waals surface area contributed by atoms with Crippen molar-refractivity contribution in [1.29, 1.82) is 0 Å². The quantitative estimate of drug-likeness (QED) is 0.872. The highest BCUT2D eigenvalue weighted by molar-refractivity contribution is 7.13. The second kappa shape index (κ2) is 4.97. The topological polar surface area (TPSA) is 32.3 Å². The Kier molecular flexibility index (Phi) is 3.61. The maximum Gasteiger partial charge on any atom is 0.264 e. The maximum absolute atomic E-state index is 12.3. The highest BCUT2D eigenvalue weighted by Crippen LogP contribution is 2.19. The first-order valence-electron chi connectivity index (χ1n) is 5.80. The fourth-order valence-corrected chi connectivity index (χ4v) is 2.99. The van der Waals surface area contributed by atoms with E-state index in [9.17, 15) is 4.79 Å². The molecule has 0 aliphatic carbocycles. The van der Waals surface area contributed by atoms with Gasteiger partial charge in [0.15, 0.2) is 0 Å². The minimum atomic E-state index is 0.189. The van der Waals surface area contributed by atoms with Crippen molar-refractivity contribution in [1.82, 2.24) is 10.2 Å². The van der Waals surface area contributed by atoms with Gasteiger partial charge in [0.25, 0.3) is 5.91 Å². The number of nitrogens with one attached hydrogen (secondary N) is 1. The summed E-state index contributed by atoms with van der Waals surface area (Å²) in [5, 5.41) is 3.31. The van der Waals surface area contributed by atoms with Gasteiger partial charge in [-0.15, -0.1) is 11.3 Å². The van der Waals surface area contributed by atoms with Crippen molar-refractivity contribution in [3.63, 3.8) is 0 Å². The summed E-state index contributed by atoms with van der Waals surface area (Å²) in [5.41, 5.74) is 0. The molecule has 0 bridgehead atoms. The molecule has 1 aliphatic heterocycles. The van der Waals surface area contributed by atoms with Crippen LogP contribution in [0.3, 0.4) is 0 Å². The summed E-state index contributed by atoms with van der Waals surface area (Å²) in [7, 11) is 0. The Labute approximate surface area is 100 Å². The predicted octanol–water partition coefficient (Wildman–Crippen LogP) is 1.88. The molecule has 16 heavy (non-hydrogen) atoms. The van der Waals surface area contributed by atoms with Crippen LogP contribution in [0, 0.1) is 6.92 Å². The molecule has 1 aliphatic rings. The van der Waals surface area contributed by atoms with E-state index in [1.54, 1.807) is 11.3 Å². The lowest BCUT2D eigenvalue weighted by molar-refractivity contribution is 0.0709. The highest BCUT2D eigenvalue weighted by Gasteiger charge is 2.26. The molecule has 1 saturated heterocycles. The van der Waals surface area contributed by atoms with E-state index in [0.717, 1.165) is 30.9 Å². The second-order valence-corrected chi connectivity index (χ2v) is 5.44. The molecule has 1 fully saturated rings. The van der Waals surface area contributed by atoms with E-state index in [2.05, 4.69) is 12.2 Å². The first kappa shape index (κ1) is 11.6. The van der Waals surface area contributed by atoms with E-state index >= 15 is 0 Å². The highest BCUT2D eigenvalue weighted by atomic mass is 32.1. The number of nitrogens with zero attached hydrogens (tertiary/aromatic N) is 1. The van der Waals surface area contributed by atoms with Crippen molar-refractivity contribution >= 4 is 17.2 Å². The second-order valence-electron chi connectivity index (χ2n) is 4.15. The zero-order valence-electron chi connectivity index (χ0n) is 9.82. The number of likely N-dealkylation sites (N-methyl/N-ethyl adjacent to an activating group) is 1. The van der Waals surface area contributed by atoms with Gasteiger partial charge in [-0.05, 0) is 38.9 Å². The zero-order chi connectivity index (χ0) is 11.5. The molecule has 0 aromatic carbocycles. The molecule has 1 atom stereocenters. The Morgan fingerprint density at radius 2 is 2.44 bits per heavy atom. The van der Waals surface area contributed by atoms with Crippen LogP contribution in [0.5, 0.6) is 0 Å². The summed E-state index contributed by atoms with van der Waals surface area (Å²) in [4.78, 5) is 16.3. The first-order valence-corrected chi connectivity index (χ1v) is 6.62. The summed E-state index contributed by atoms with van der Waals surface area (Å²) in [6.07, 6.45) is 1.07. The minimum Gasteiger partial charge on any atom is -0.334 e. The molecule has 2 rings (SSSR count). The van der Waals surface area contributed by atoms with Crippen molar-refractivity contribution < 1.29 is 4.79 Å². The van der Waals surface area contributed by atoms with Crippen LogP contribution in [0.2, 0.25) is 0 Å². The lowest BCUT2D eigenvalue weighted by Crippen LogP contribution is -2.41. The fourth-order valence-electron chi connectivity index (χ4n) is 2.16. The summed E-state index contributed by atoms with van der Waals surface area (Å²) in [5.74, 6) is 0.189. The minimum absolute atomic E-state index is 0.189. The number of carbonyl (C=O) groups is 1. The van der Waals surface area contributed by atoms with Gasteiger partial charge in [0.1, 0.15) is 0 Å². The van der Waals surface area contributed by atoms with Gasteiger partial charge < -0.3 is 10.2 Å². The van der Waals surface area contributed by atoms with Crippen molar-refractivity contribution in [3.8, 4) is 0 Å². The van der Waals surface area contributed by atoms with Gasteiger partial charge in [-0.3, -0.25) is 4.79 Å². The molecule has 1 aromatic heterocycles. The van der Waals surface area contributed by atoms with Gasteiger partial charge in [-0.25, -0.2) is 0 Å². The molecule has 88 valence electrons. The van der Waals surface area contributed by atoms with E-state index in [1.165, 1.54) is 4.88 Å². The zero-order valence-corrected chi connectivity index (χ0v) is 10.6. The number of rotatable bonds is 3. The van der Waals surface area contributed by atoms with E-state index in [-0.39, 0.29) is 5.91 Å². The predicted molar refractivity (Wildman–Crippen MR) is 67.0 cm³/mol. The molecule has 1 unspecified atom stereocenters. The number of hydrogen-bond donors (Lipinski definition) is 1. The molecule has 3 nitrogen and oxygen atoms in total. The first-order chi connectivity index (χ1) is 7.72. The molecule has 0 saturated carbocycles. The SMILES string of the molecule is CCN(C(=O)c1ccc(C)s1)C1CCNC1. The van der Waals surface area contributed by atoms with Crippen LogP contribution < -0.4 is 5.32 Å². The summed E-state index contributed by atoms with van der Waals surface area (Å²) >= 11 is 1.59. The van der Waals surface area contributed by atoms with Gasteiger partial charge in [0.05, 0.1) is 4.88 Å². The van der Waals surface area contributed by atoms with Gasteiger partial charge in [0.2, 0.25) is 0 Å². The summed E-state index contributed by atoms with van der Waals surface area (Å²) < 4.78 is 0. The maximum atomic E-state index is 12.3. The normalized spacial score (nSPS) is 20.0. The van der Waals surface area contributed by atoms with Gasteiger partial charge in [0, 0.05) is 24.0 Å². The number of aryl methyl sites for hydroxylation is 1. The largest absolute Gasteiger partial charge is 0.334 e. The number of amides is 1. The molecule has 0 spiro atoms. The van der Waals surface area contributed by atoms with Crippen LogP contribution in [0.1, 0.15) is 27.9 Å². The molecular weight excluding hydrogens is 220 g/mol. The third-order valence-electron chi connectivity index (χ3n) is 3.03. The third kappa shape index (κ3) is 2.28. The summed E-state index contributed by atoms with van der Waals surface area (Å²) in [6.45, 7) is 6.84. The molecule has 4 heteroatoms. The molecule has 1 amide bonds. The Bertz CT molecular complexity index is 369. The van der Waals surface area contributed by atoms with Crippen LogP contribution in [0.25, 0.3) is 0 Å². The number of carbonyl (C=O) groups excluding carboxylic acids is 1. The van der Waals surface area contributed by atoms with E-state index in [4.69, 9.17) is 0 Å². The van der Waals surface area contributed by atoms with Crippen molar-refractivity contribution in [2.75, 3.05) is 19.6 Å².